The van der Waals surface area contributed by atoms with Crippen LogP contribution in [0.25, 0.3) is 0 Å². The van der Waals surface area contributed by atoms with Crippen molar-refractivity contribution in [3.63, 3.8) is 0 Å². The molecule has 0 unspecified atom stereocenters. The summed E-state index contributed by atoms with van der Waals surface area (Å²) in [6.07, 6.45) is 7.26. The maximum absolute atomic E-state index is 2.71. The molecule has 2 rings (SSSR count). The van der Waals surface area contributed by atoms with E-state index in [1.165, 1.54) is 55.2 Å². The summed E-state index contributed by atoms with van der Waals surface area (Å²) in [5.41, 5.74) is 2.28. The van der Waals surface area contributed by atoms with E-state index in [2.05, 4.69) is 45.9 Å². The highest BCUT2D eigenvalue weighted by molar-refractivity contribution is 7.47. The van der Waals surface area contributed by atoms with Crippen molar-refractivity contribution in [1.29, 1.82) is 0 Å². The first-order valence-electron chi connectivity index (χ1n) is 8.14. The zero-order valence-corrected chi connectivity index (χ0v) is 16.0. The highest BCUT2D eigenvalue weighted by atomic mass is 31.1. The van der Waals surface area contributed by atoms with Crippen LogP contribution in [0.4, 0.5) is 0 Å². The minimum atomic E-state index is 0.302. The van der Waals surface area contributed by atoms with Gasteiger partial charge in [-0.25, -0.2) is 0 Å². The van der Waals surface area contributed by atoms with Crippen LogP contribution < -0.4 is 0 Å². The van der Waals surface area contributed by atoms with Crippen LogP contribution in [-0.4, -0.2) is 4.33 Å². The van der Waals surface area contributed by atoms with Crippen LogP contribution in [-0.2, 0) is 17.4 Å². The van der Waals surface area contributed by atoms with Gasteiger partial charge in [0, 0.05) is 25.3 Å². The van der Waals surface area contributed by atoms with Gasteiger partial charge in [-0.2, -0.15) is 0 Å². The van der Waals surface area contributed by atoms with Crippen LogP contribution in [0.2, 0.25) is 0 Å². The molecule has 0 bridgehead atoms. The van der Waals surface area contributed by atoms with Gasteiger partial charge in [0.15, 0.2) is 0 Å². The van der Waals surface area contributed by atoms with Gasteiger partial charge >= 0.3 is 0 Å². The standard InChI is InChI=1S/C17H31NP2/c1-16(2,3)14-18(12-13-10-8-7-9-11-13)20-15(19-14)17(4,5)6/h13H,7-12H2,1-6H3. The molecule has 0 N–H and O–H groups in total. The number of hydrogen-bond acceptors (Lipinski definition) is 0. The second-order valence-electron chi connectivity index (χ2n) is 8.45. The second kappa shape index (κ2) is 6.10. The summed E-state index contributed by atoms with van der Waals surface area (Å²) in [6.45, 7) is 15.5. The molecule has 1 nitrogen and oxygen atoms in total. The molecule has 1 saturated carbocycles. The minimum absolute atomic E-state index is 0.302. The third-order valence-corrected chi connectivity index (χ3v) is 8.37. The number of rotatable bonds is 2. The summed E-state index contributed by atoms with van der Waals surface area (Å²) in [4.78, 5) is 0. The highest BCUT2D eigenvalue weighted by Gasteiger charge is 2.27. The Morgan fingerprint density at radius 1 is 0.950 bits per heavy atom. The van der Waals surface area contributed by atoms with Gasteiger partial charge < -0.3 is 4.33 Å². The van der Waals surface area contributed by atoms with Crippen LogP contribution in [0.5, 0.6) is 0 Å². The highest BCUT2D eigenvalue weighted by Crippen LogP contribution is 2.45. The van der Waals surface area contributed by atoms with Gasteiger partial charge in [0.25, 0.3) is 0 Å². The van der Waals surface area contributed by atoms with Gasteiger partial charge in [-0.05, 0) is 32.4 Å². The molecule has 3 heteroatoms. The normalized spacial score (nSPS) is 19.3. The predicted octanol–water partition coefficient (Wildman–Crippen LogP) is 6.82. The van der Waals surface area contributed by atoms with Crippen molar-refractivity contribution < 1.29 is 0 Å². The molecule has 0 aliphatic heterocycles. The Morgan fingerprint density at radius 3 is 2.05 bits per heavy atom. The second-order valence-corrected chi connectivity index (χ2v) is 11.0. The van der Waals surface area contributed by atoms with Crippen LogP contribution in [0.15, 0.2) is 0 Å². The Kier molecular flexibility index (Phi) is 5.03. The van der Waals surface area contributed by atoms with E-state index in [4.69, 9.17) is 0 Å². The van der Waals surface area contributed by atoms with Gasteiger partial charge in [0.05, 0.1) is 5.43 Å². The molecule has 20 heavy (non-hydrogen) atoms. The zero-order valence-electron chi connectivity index (χ0n) is 14.2. The van der Waals surface area contributed by atoms with Crippen molar-refractivity contribution in [3.8, 4) is 0 Å². The van der Waals surface area contributed by atoms with Crippen molar-refractivity contribution in [2.45, 2.75) is 91.0 Å². The molecule has 114 valence electrons. The van der Waals surface area contributed by atoms with Crippen LogP contribution >= 0.6 is 16.5 Å². The molecule has 0 aromatic carbocycles. The van der Waals surface area contributed by atoms with Gasteiger partial charge in [0.1, 0.15) is 0 Å². The maximum Gasteiger partial charge on any atom is 0.0547 e. The molecule has 1 aliphatic rings. The molecule has 1 fully saturated rings. The Labute approximate surface area is 128 Å². The molecular formula is C17H31NP2. The largest absolute Gasteiger partial charge is 0.323 e. The van der Waals surface area contributed by atoms with Crippen molar-refractivity contribution in [2.24, 2.45) is 5.92 Å². The van der Waals surface area contributed by atoms with Gasteiger partial charge in [-0.3, -0.25) is 0 Å². The van der Waals surface area contributed by atoms with E-state index >= 15 is 0 Å². The summed E-state index contributed by atoms with van der Waals surface area (Å²) in [6, 6.07) is 0. The molecule has 0 saturated heterocycles. The van der Waals surface area contributed by atoms with E-state index < -0.39 is 0 Å². The summed E-state index contributed by atoms with van der Waals surface area (Å²) < 4.78 is 2.71. The molecule has 0 atom stereocenters. The predicted molar refractivity (Wildman–Crippen MR) is 93.4 cm³/mol. The lowest BCUT2D eigenvalue weighted by Gasteiger charge is -2.26. The van der Waals surface area contributed by atoms with E-state index in [1.807, 2.05) is 0 Å². The van der Waals surface area contributed by atoms with Crippen molar-refractivity contribution >= 4 is 16.5 Å². The van der Waals surface area contributed by atoms with Crippen molar-refractivity contribution in [3.05, 3.63) is 10.5 Å². The summed E-state index contributed by atoms with van der Waals surface area (Å²) in [7, 11) is 2.99. The quantitative estimate of drug-likeness (QED) is 0.564. The Hall–Kier alpha value is 0.140. The summed E-state index contributed by atoms with van der Waals surface area (Å²) in [5, 5.41) is 1.68. The van der Waals surface area contributed by atoms with E-state index in [-0.39, 0.29) is 0 Å². The molecule has 0 radical (unpaired) electrons. The lowest BCUT2D eigenvalue weighted by atomic mass is 9.89. The van der Waals surface area contributed by atoms with Gasteiger partial charge in [0.2, 0.25) is 0 Å². The number of hydrogen-bond donors (Lipinski definition) is 0. The van der Waals surface area contributed by atoms with Crippen LogP contribution in [0, 0.1) is 5.92 Å². The van der Waals surface area contributed by atoms with Crippen LogP contribution in [0.1, 0.15) is 84.1 Å². The maximum atomic E-state index is 2.71. The van der Waals surface area contributed by atoms with E-state index in [9.17, 15) is 0 Å². The number of nitrogens with zero attached hydrogens (tertiary/aromatic N) is 1. The molecule has 0 amide bonds. The molecule has 1 aromatic rings. The van der Waals surface area contributed by atoms with E-state index in [1.54, 1.807) is 10.5 Å². The Balaban J connectivity index is 2.27. The molecule has 1 heterocycles. The average Bonchev–Trinajstić information content (AvgIpc) is 2.74. The topological polar surface area (TPSA) is 4.93 Å². The average molecular weight is 311 g/mol. The fourth-order valence-electron chi connectivity index (χ4n) is 2.96. The molecule has 1 aliphatic carbocycles. The number of aromatic nitrogens is 1. The Morgan fingerprint density at radius 2 is 1.55 bits per heavy atom. The van der Waals surface area contributed by atoms with Gasteiger partial charge in [-0.15, -0.1) is 0 Å². The van der Waals surface area contributed by atoms with Crippen molar-refractivity contribution in [1.82, 2.24) is 4.33 Å². The third-order valence-electron chi connectivity index (χ3n) is 4.17. The molecular weight excluding hydrogens is 280 g/mol. The first kappa shape index (κ1) is 16.5. The van der Waals surface area contributed by atoms with Crippen molar-refractivity contribution in [2.75, 3.05) is 0 Å². The summed E-state index contributed by atoms with van der Waals surface area (Å²) in [5.74, 6) is 0.933. The van der Waals surface area contributed by atoms with Crippen LogP contribution in [0.3, 0.4) is 0 Å². The monoisotopic (exact) mass is 311 g/mol. The fourth-order valence-corrected chi connectivity index (χ4v) is 6.32. The lowest BCUT2D eigenvalue weighted by Crippen LogP contribution is -2.19. The first-order valence-corrected chi connectivity index (χ1v) is 9.88. The first-order chi connectivity index (χ1) is 9.18. The smallest absolute Gasteiger partial charge is 0.0547 e. The van der Waals surface area contributed by atoms with Gasteiger partial charge in [-0.1, -0.05) is 60.8 Å². The SMILES string of the molecule is CC(C)(C)c1pc(C(C)(C)C)n(CC2CCCCC2)p1. The minimum Gasteiger partial charge on any atom is -0.323 e. The lowest BCUT2D eigenvalue weighted by molar-refractivity contribution is 0.321. The molecule has 1 aromatic heterocycles. The summed E-state index contributed by atoms with van der Waals surface area (Å²) >= 11 is 0. The molecule has 0 spiro atoms. The Bertz CT molecular complexity index is 443. The zero-order chi connectivity index (χ0) is 15.0. The third kappa shape index (κ3) is 4.08. The van der Waals surface area contributed by atoms with E-state index in [0.717, 1.165) is 5.92 Å². The fraction of sp³-hybridized carbons (Fsp3) is 0.882. The van der Waals surface area contributed by atoms with E-state index in [0.29, 0.717) is 10.8 Å².